The predicted octanol–water partition coefficient (Wildman–Crippen LogP) is 2.59. The van der Waals surface area contributed by atoms with Gasteiger partial charge < -0.3 is 10.2 Å². The maximum Gasteiger partial charge on any atom is 0.0762 e. The van der Waals surface area contributed by atoms with Crippen LogP contribution in [-0.2, 0) is 0 Å². The van der Waals surface area contributed by atoms with Crippen molar-refractivity contribution in [3.05, 3.63) is 28.2 Å². The molecule has 0 heterocycles. The summed E-state index contributed by atoms with van der Waals surface area (Å²) in [5, 5.41) is 18.0. The Balaban J connectivity index is 2.79. The molecule has 1 aromatic carbocycles. The summed E-state index contributed by atoms with van der Waals surface area (Å²) < 4.78 is 0.967. The highest BCUT2D eigenvalue weighted by Gasteiger charge is 2.05. The van der Waals surface area contributed by atoms with Gasteiger partial charge in [0.25, 0.3) is 0 Å². The van der Waals surface area contributed by atoms with Gasteiger partial charge in [-0.2, -0.15) is 0 Å². The van der Waals surface area contributed by atoms with Gasteiger partial charge in [-0.25, -0.2) is 0 Å². The summed E-state index contributed by atoms with van der Waals surface area (Å²) in [5.74, 6) is 0.687. The molecule has 0 amide bonds. The molecule has 0 aliphatic rings. The van der Waals surface area contributed by atoms with Crippen LogP contribution in [0.1, 0.15) is 18.6 Å². The largest absolute Gasteiger partial charge is 0.396 e. The number of aliphatic hydroxyl groups is 2. The Kier molecular flexibility index (Phi) is 4.95. The summed E-state index contributed by atoms with van der Waals surface area (Å²) in [6, 6.07) is 5.76. The Morgan fingerprint density at radius 3 is 2.71 bits per heavy atom. The summed E-state index contributed by atoms with van der Waals surface area (Å²) in [6.45, 7) is 1.91. The van der Waals surface area contributed by atoms with E-state index in [1.165, 1.54) is 0 Å². The van der Waals surface area contributed by atoms with Gasteiger partial charge in [0.15, 0.2) is 0 Å². The number of hydrogen-bond acceptors (Lipinski definition) is 3. The van der Waals surface area contributed by atoms with Crippen LogP contribution in [0, 0.1) is 0 Å². The van der Waals surface area contributed by atoms with Crippen LogP contribution in [-0.4, -0.2) is 22.6 Å². The molecule has 0 saturated carbocycles. The van der Waals surface area contributed by atoms with Gasteiger partial charge in [0, 0.05) is 15.1 Å². The molecule has 1 rings (SSSR count). The summed E-state index contributed by atoms with van der Waals surface area (Å²) in [4.78, 5) is 1.09. The zero-order valence-electron chi connectivity index (χ0n) is 7.90. The number of benzene rings is 1. The highest BCUT2D eigenvalue weighted by atomic mass is 79.9. The van der Waals surface area contributed by atoms with Gasteiger partial charge >= 0.3 is 0 Å². The summed E-state index contributed by atoms with van der Waals surface area (Å²) >= 11 is 5.02. The average molecular weight is 277 g/mol. The molecule has 0 bridgehead atoms. The number of aliphatic hydroxyl groups excluding tert-OH is 2. The standard InChI is InChI=1S/C10H13BrO2S/c1-7(13)8-2-3-10(9(11)6-8)14-5-4-12/h2-3,6-7,12-13H,4-5H2,1H3. The van der Waals surface area contributed by atoms with Crippen LogP contribution in [0.5, 0.6) is 0 Å². The second-order valence-electron chi connectivity index (χ2n) is 2.94. The van der Waals surface area contributed by atoms with Gasteiger partial charge in [-0.3, -0.25) is 0 Å². The smallest absolute Gasteiger partial charge is 0.0762 e. The molecular formula is C10H13BrO2S. The second-order valence-corrected chi connectivity index (χ2v) is 4.93. The van der Waals surface area contributed by atoms with Crippen LogP contribution >= 0.6 is 27.7 Å². The van der Waals surface area contributed by atoms with Crippen molar-refractivity contribution in [2.45, 2.75) is 17.9 Å². The minimum absolute atomic E-state index is 0.176. The summed E-state index contributed by atoms with van der Waals surface area (Å²) in [7, 11) is 0. The quantitative estimate of drug-likeness (QED) is 0.831. The first-order valence-corrected chi connectivity index (χ1v) is 6.14. The van der Waals surface area contributed by atoms with E-state index in [0.29, 0.717) is 5.75 Å². The summed E-state index contributed by atoms with van der Waals surface area (Å²) in [5.41, 5.74) is 0.894. The van der Waals surface area contributed by atoms with Gasteiger partial charge in [0.05, 0.1) is 12.7 Å². The molecule has 1 atom stereocenters. The van der Waals surface area contributed by atoms with Crippen LogP contribution < -0.4 is 0 Å². The Morgan fingerprint density at radius 1 is 1.50 bits per heavy atom. The highest BCUT2D eigenvalue weighted by Crippen LogP contribution is 2.29. The molecule has 0 saturated heterocycles. The average Bonchev–Trinajstić information content (AvgIpc) is 2.15. The molecule has 1 aromatic rings. The van der Waals surface area contributed by atoms with Crippen molar-refractivity contribution >= 4 is 27.7 Å². The predicted molar refractivity (Wildman–Crippen MR) is 62.6 cm³/mol. The third kappa shape index (κ3) is 3.28. The number of thioether (sulfide) groups is 1. The Labute approximate surface area is 96.5 Å². The van der Waals surface area contributed by atoms with Crippen molar-refractivity contribution in [2.24, 2.45) is 0 Å². The van der Waals surface area contributed by atoms with Gasteiger partial charge in [-0.15, -0.1) is 11.8 Å². The molecule has 0 aliphatic heterocycles. The molecule has 0 radical (unpaired) electrons. The minimum atomic E-state index is -0.441. The van der Waals surface area contributed by atoms with Crippen molar-refractivity contribution in [3.8, 4) is 0 Å². The van der Waals surface area contributed by atoms with E-state index in [2.05, 4.69) is 15.9 Å². The Bertz CT molecular complexity index is 302. The first kappa shape index (κ1) is 12.0. The van der Waals surface area contributed by atoms with Crippen LogP contribution in [0.3, 0.4) is 0 Å². The fraction of sp³-hybridized carbons (Fsp3) is 0.400. The van der Waals surface area contributed by atoms with Crippen LogP contribution in [0.25, 0.3) is 0 Å². The third-order valence-electron chi connectivity index (χ3n) is 1.79. The zero-order chi connectivity index (χ0) is 10.6. The van der Waals surface area contributed by atoms with Crippen molar-refractivity contribution in [3.63, 3.8) is 0 Å². The van der Waals surface area contributed by atoms with E-state index in [0.717, 1.165) is 14.9 Å². The lowest BCUT2D eigenvalue weighted by atomic mass is 10.1. The van der Waals surface area contributed by atoms with E-state index >= 15 is 0 Å². The molecule has 0 spiro atoms. The number of halogens is 1. The molecule has 4 heteroatoms. The fourth-order valence-electron chi connectivity index (χ4n) is 1.05. The molecule has 0 fully saturated rings. The van der Waals surface area contributed by atoms with Gasteiger partial charge in [-0.1, -0.05) is 6.07 Å². The lowest BCUT2D eigenvalue weighted by Gasteiger charge is -2.08. The SMILES string of the molecule is CC(O)c1ccc(SCCO)c(Br)c1. The molecule has 78 valence electrons. The van der Waals surface area contributed by atoms with Crippen molar-refractivity contribution in [2.75, 3.05) is 12.4 Å². The van der Waals surface area contributed by atoms with Gasteiger partial charge in [0.1, 0.15) is 0 Å². The van der Waals surface area contributed by atoms with Gasteiger partial charge in [-0.05, 0) is 40.5 Å². The maximum absolute atomic E-state index is 9.35. The van der Waals surface area contributed by atoms with Crippen LogP contribution in [0.4, 0.5) is 0 Å². The van der Waals surface area contributed by atoms with Crippen molar-refractivity contribution in [1.82, 2.24) is 0 Å². The molecule has 1 unspecified atom stereocenters. The van der Waals surface area contributed by atoms with Gasteiger partial charge in [0.2, 0.25) is 0 Å². The number of rotatable bonds is 4. The topological polar surface area (TPSA) is 40.5 Å². The molecule has 0 aromatic heterocycles. The normalized spacial score (nSPS) is 12.9. The van der Waals surface area contributed by atoms with Crippen molar-refractivity contribution < 1.29 is 10.2 Å². The van der Waals surface area contributed by atoms with E-state index in [1.807, 2.05) is 18.2 Å². The Morgan fingerprint density at radius 2 is 2.21 bits per heavy atom. The lowest BCUT2D eigenvalue weighted by Crippen LogP contribution is -1.92. The zero-order valence-corrected chi connectivity index (χ0v) is 10.3. The molecular weight excluding hydrogens is 264 g/mol. The first-order valence-electron chi connectivity index (χ1n) is 4.36. The molecule has 14 heavy (non-hydrogen) atoms. The summed E-state index contributed by atoms with van der Waals surface area (Å²) in [6.07, 6.45) is -0.441. The Hall–Kier alpha value is -0.0300. The van der Waals surface area contributed by atoms with Crippen molar-refractivity contribution in [1.29, 1.82) is 0 Å². The second kappa shape index (κ2) is 5.75. The van der Waals surface area contributed by atoms with E-state index < -0.39 is 6.10 Å². The molecule has 2 N–H and O–H groups in total. The first-order chi connectivity index (χ1) is 6.65. The lowest BCUT2D eigenvalue weighted by molar-refractivity contribution is 0.199. The number of hydrogen-bond donors (Lipinski definition) is 2. The monoisotopic (exact) mass is 276 g/mol. The molecule has 0 aliphatic carbocycles. The van der Waals surface area contributed by atoms with E-state index in [-0.39, 0.29) is 6.61 Å². The van der Waals surface area contributed by atoms with Crippen LogP contribution in [0.15, 0.2) is 27.6 Å². The third-order valence-corrected chi connectivity index (χ3v) is 3.76. The van der Waals surface area contributed by atoms with Crippen LogP contribution in [0.2, 0.25) is 0 Å². The minimum Gasteiger partial charge on any atom is -0.396 e. The maximum atomic E-state index is 9.35. The van der Waals surface area contributed by atoms with E-state index in [4.69, 9.17) is 5.11 Å². The fourth-order valence-corrected chi connectivity index (χ4v) is 2.46. The van der Waals surface area contributed by atoms with E-state index in [9.17, 15) is 5.11 Å². The van der Waals surface area contributed by atoms with E-state index in [1.54, 1.807) is 18.7 Å². The molecule has 2 nitrogen and oxygen atoms in total. The highest BCUT2D eigenvalue weighted by molar-refractivity contribution is 9.10.